The van der Waals surface area contributed by atoms with E-state index in [0.29, 0.717) is 23.4 Å². The highest BCUT2D eigenvalue weighted by molar-refractivity contribution is 6.30. The van der Waals surface area contributed by atoms with Crippen LogP contribution in [0.1, 0.15) is 43.9 Å². The van der Waals surface area contributed by atoms with Crippen LogP contribution < -0.4 is 0 Å². The second-order valence-corrected chi connectivity index (χ2v) is 7.88. The first kappa shape index (κ1) is 18.4. The van der Waals surface area contributed by atoms with E-state index >= 15 is 0 Å². The van der Waals surface area contributed by atoms with Crippen molar-refractivity contribution in [2.24, 2.45) is 10.4 Å². The smallest absolute Gasteiger partial charge is 0.168 e. The number of aliphatic hydroxyl groups excluding tert-OH is 1. The van der Waals surface area contributed by atoms with E-state index in [9.17, 15) is 9.90 Å². The van der Waals surface area contributed by atoms with Gasteiger partial charge in [-0.15, -0.1) is 0 Å². The van der Waals surface area contributed by atoms with Gasteiger partial charge in [-0.3, -0.25) is 9.79 Å². The van der Waals surface area contributed by atoms with Gasteiger partial charge in [0.15, 0.2) is 5.78 Å². The molecule has 2 aromatic rings. The summed E-state index contributed by atoms with van der Waals surface area (Å²) >= 11 is 6.00. The van der Waals surface area contributed by atoms with Gasteiger partial charge in [0.05, 0.1) is 11.6 Å². The average molecular weight is 368 g/mol. The number of rotatable bonds is 4. The van der Waals surface area contributed by atoms with E-state index in [-0.39, 0.29) is 23.0 Å². The molecule has 4 heteroatoms. The third kappa shape index (κ3) is 4.23. The number of allylic oxidation sites excluding steroid dienone is 2. The first-order valence-corrected chi connectivity index (χ1v) is 9.02. The molecule has 0 fully saturated rings. The molecule has 0 spiro atoms. The molecule has 3 nitrogen and oxygen atoms in total. The van der Waals surface area contributed by atoms with E-state index in [1.54, 1.807) is 0 Å². The number of halogens is 1. The van der Waals surface area contributed by atoms with Crippen molar-refractivity contribution in [2.45, 2.75) is 32.7 Å². The second kappa shape index (κ2) is 7.46. The summed E-state index contributed by atoms with van der Waals surface area (Å²) in [6.07, 6.45) is 2.42. The molecule has 0 saturated heterocycles. The Bertz CT molecular complexity index is 851. The Balaban J connectivity index is 1.97. The largest absolute Gasteiger partial charge is 0.511 e. The Morgan fingerprint density at radius 1 is 1.04 bits per heavy atom. The molecule has 1 atom stereocenters. The van der Waals surface area contributed by atoms with E-state index in [2.05, 4.69) is 4.99 Å². The molecule has 1 aliphatic rings. The molecule has 3 rings (SSSR count). The third-order valence-corrected chi connectivity index (χ3v) is 4.80. The van der Waals surface area contributed by atoms with E-state index in [4.69, 9.17) is 11.6 Å². The van der Waals surface area contributed by atoms with Gasteiger partial charge in [-0.05, 0) is 28.7 Å². The number of benzene rings is 2. The number of nitrogens with zero attached hydrogens (tertiary/aromatic N) is 1. The Morgan fingerprint density at radius 3 is 2.27 bits per heavy atom. The van der Waals surface area contributed by atoms with Crippen LogP contribution in [-0.2, 0) is 4.79 Å². The first-order valence-electron chi connectivity index (χ1n) is 8.65. The Labute approximate surface area is 159 Å². The minimum Gasteiger partial charge on any atom is -0.511 e. The van der Waals surface area contributed by atoms with Crippen molar-refractivity contribution >= 4 is 23.6 Å². The summed E-state index contributed by atoms with van der Waals surface area (Å²) in [6, 6.07) is 17.1. The van der Waals surface area contributed by atoms with Crippen LogP contribution in [0.15, 0.2) is 70.9 Å². The molecular formula is C22H22ClNO2. The van der Waals surface area contributed by atoms with Gasteiger partial charge in [-0.25, -0.2) is 0 Å². The van der Waals surface area contributed by atoms with Crippen molar-refractivity contribution < 1.29 is 9.90 Å². The molecule has 134 valence electrons. The van der Waals surface area contributed by atoms with Crippen molar-refractivity contribution in [2.75, 3.05) is 0 Å². The predicted molar refractivity (Wildman–Crippen MR) is 106 cm³/mol. The fourth-order valence-electron chi connectivity index (χ4n) is 3.24. The summed E-state index contributed by atoms with van der Waals surface area (Å²) in [7, 11) is 0. The minimum atomic E-state index is -0.267. The lowest BCUT2D eigenvalue weighted by molar-refractivity contribution is -0.117. The molecule has 1 aliphatic carbocycles. The van der Waals surface area contributed by atoms with Crippen LogP contribution in [0.4, 0.5) is 0 Å². The molecule has 0 heterocycles. The number of hydrogen-bond donors (Lipinski definition) is 1. The molecule has 0 unspecified atom stereocenters. The summed E-state index contributed by atoms with van der Waals surface area (Å²) in [5.74, 6) is 0.0586. The lowest BCUT2D eigenvalue weighted by Gasteiger charge is -2.28. The van der Waals surface area contributed by atoms with Crippen molar-refractivity contribution in [3.05, 3.63) is 82.1 Å². The highest BCUT2D eigenvalue weighted by atomic mass is 35.5. The van der Waals surface area contributed by atoms with Gasteiger partial charge in [0, 0.05) is 24.1 Å². The molecular weight excluding hydrogens is 346 g/mol. The van der Waals surface area contributed by atoms with Gasteiger partial charge >= 0.3 is 0 Å². The number of hydrogen-bond acceptors (Lipinski definition) is 3. The molecule has 0 amide bonds. The number of Topliss-reactive ketones (excluding diaryl/α,β-unsaturated/α-hetero) is 1. The number of ketones is 1. The van der Waals surface area contributed by atoms with Gasteiger partial charge in [-0.1, -0.05) is 67.9 Å². The number of carbonyl (C=O) groups excluding carboxylic acids is 1. The third-order valence-electron chi connectivity index (χ3n) is 4.55. The molecule has 2 aromatic carbocycles. The zero-order chi connectivity index (χ0) is 18.7. The summed E-state index contributed by atoms with van der Waals surface area (Å²) in [4.78, 5) is 17.1. The summed E-state index contributed by atoms with van der Waals surface area (Å²) in [5, 5.41) is 11.0. The van der Waals surface area contributed by atoms with Crippen molar-refractivity contribution in [3.63, 3.8) is 0 Å². The molecule has 0 saturated carbocycles. The minimum absolute atomic E-state index is 0.0644. The Hall–Kier alpha value is -2.39. The molecule has 26 heavy (non-hydrogen) atoms. The number of carbonyl (C=O) groups is 1. The lowest BCUT2D eigenvalue weighted by atomic mass is 9.77. The topological polar surface area (TPSA) is 49.7 Å². The summed E-state index contributed by atoms with van der Waals surface area (Å²) in [6.45, 7) is 3.96. The quantitative estimate of drug-likeness (QED) is 0.704. The molecule has 1 N–H and O–H groups in total. The fraction of sp³-hybridized carbons (Fsp3) is 0.273. The molecule has 0 bridgehead atoms. The van der Waals surface area contributed by atoms with Gasteiger partial charge in [0.2, 0.25) is 0 Å². The van der Waals surface area contributed by atoms with Crippen LogP contribution in [0.3, 0.4) is 0 Å². The van der Waals surface area contributed by atoms with Crippen LogP contribution >= 0.6 is 11.6 Å². The van der Waals surface area contributed by atoms with Gasteiger partial charge in [0.1, 0.15) is 5.76 Å². The Morgan fingerprint density at radius 2 is 1.65 bits per heavy atom. The van der Waals surface area contributed by atoms with E-state index < -0.39 is 0 Å². The van der Waals surface area contributed by atoms with Crippen molar-refractivity contribution in [3.8, 4) is 0 Å². The standard InChI is InChI=1S/C22H22ClNO2/c1-22(2)12-19(25)18(20(26)13-22)14-24-21(15-6-4-3-5-7-15)16-8-10-17(23)11-9-16/h3-11,14,21,25H,12-13H2,1-2H3/t21-/m0/s1. The average Bonchev–Trinajstić information content (AvgIpc) is 2.58. The second-order valence-electron chi connectivity index (χ2n) is 7.44. The lowest BCUT2D eigenvalue weighted by Crippen LogP contribution is -2.26. The van der Waals surface area contributed by atoms with Crippen LogP contribution in [0.2, 0.25) is 5.02 Å². The van der Waals surface area contributed by atoms with E-state index in [0.717, 1.165) is 11.1 Å². The maximum absolute atomic E-state index is 12.4. The zero-order valence-corrected chi connectivity index (χ0v) is 15.7. The van der Waals surface area contributed by atoms with Gasteiger partial charge in [-0.2, -0.15) is 0 Å². The zero-order valence-electron chi connectivity index (χ0n) is 14.9. The maximum atomic E-state index is 12.4. The van der Waals surface area contributed by atoms with Crippen LogP contribution in [0.25, 0.3) is 0 Å². The monoisotopic (exact) mass is 367 g/mol. The van der Waals surface area contributed by atoms with E-state index in [1.807, 2.05) is 68.4 Å². The highest BCUT2D eigenvalue weighted by Gasteiger charge is 2.32. The van der Waals surface area contributed by atoms with Gasteiger partial charge in [0.25, 0.3) is 0 Å². The summed E-state index contributed by atoms with van der Waals surface area (Å²) in [5.41, 5.74) is 2.09. The fourth-order valence-corrected chi connectivity index (χ4v) is 3.37. The molecule has 0 aromatic heterocycles. The summed E-state index contributed by atoms with van der Waals surface area (Å²) < 4.78 is 0. The SMILES string of the molecule is CC1(C)CC(=O)C(C=N[C@@H](c2ccccc2)c2ccc(Cl)cc2)=C(O)C1. The van der Waals surface area contributed by atoms with Crippen molar-refractivity contribution in [1.29, 1.82) is 0 Å². The number of aliphatic imine (C=N–C) groups is 1. The normalized spacial score (nSPS) is 18.3. The van der Waals surface area contributed by atoms with Gasteiger partial charge < -0.3 is 5.11 Å². The van der Waals surface area contributed by atoms with Crippen molar-refractivity contribution in [1.82, 2.24) is 0 Å². The number of aliphatic hydroxyl groups is 1. The molecule has 0 radical (unpaired) electrons. The Kier molecular flexibility index (Phi) is 5.28. The highest BCUT2D eigenvalue weighted by Crippen LogP contribution is 2.35. The van der Waals surface area contributed by atoms with Crippen LogP contribution in [0.5, 0.6) is 0 Å². The van der Waals surface area contributed by atoms with Crippen LogP contribution in [0, 0.1) is 5.41 Å². The van der Waals surface area contributed by atoms with Crippen LogP contribution in [-0.4, -0.2) is 17.1 Å². The first-order chi connectivity index (χ1) is 12.4. The van der Waals surface area contributed by atoms with E-state index in [1.165, 1.54) is 6.21 Å². The maximum Gasteiger partial charge on any atom is 0.168 e. The molecule has 0 aliphatic heterocycles. The predicted octanol–water partition coefficient (Wildman–Crippen LogP) is 5.70.